The van der Waals surface area contributed by atoms with E-state index >= 15 is 0 Å². The van der Waals surface area contributed by atoms with Crippen LogP contribution in [0.2, 0.25) is 0 Å². The molecule has 27 heavy (non-hydrogen) atoms. The second kappa shape index (κ2) is 7.21. The van der Waals surface area contributed by atoms with Gasteiger partial charge in [0.1, 0.15) is 0 Å². The fourth-order valence-corrected chi connectivity index (χ4v) is 3.76. The van der Waals surface area contributed by atoms with E-state index in [4.69, 9.17) is 0 Å². The standard InChI is InChI=1S/C22H15NO3S/c24-20(13-27-15-6-2-1-3-7-15)23-14-10-11-18-19(12-14)22(26)17-9-5-4-8-16(17)21(18)25/h1-12H,13H2,(H,23,24). The van der Waals surface area contributed by atoms with Crippen molar-refractivity contribution in [3.8, 4) is 0 Å². The van der Waals surface area contributed by atoms with Gasteiger partial charge in [0, 0.05) is 32.8 Å². The van der Waals surface area contributed by atoms with Crippen LogP contribution in [0, 0.1) is 0 Å². The number of benzene rings is 3. The normalized spacial score (nSPS) is 12.3. The molecule has 0 aliphatic heterocycles. The topological polar surface area (TPSA) is 63.2 Å². The molecule has 0 saturated heterocycles. The van der Waals surface area contributed by atoms with Crippen molar-refractivity contribution in [2.45, 2.75) is 4.90 Å². The minimum Gasteiger partial charge on any atom is -0.325 e. The summed E-state index contributed by atoms with van der Waals surface area (Å²) >= 11 is 1.44. The van der Waals surface area contributed by atoms with Crippen LogP contribution in [-0.4, -0.2) is 23.2 Å². The minimum atomic E-state index is -0.199. The maximum absolute atomic E-state index is 12.7. The molecule has 5 heteroatoms. The van der Waals surface area contributed by atoms with Crippen molar-refractivity contribution in [3.63, 3.8) is 0 Å². The van der Waals surface area contributed by atoms with Crippen LogP contribution in [-0.2, 0) is 4.79 Å². The Bertz CT molecular complexity index is 1060. The van der Waals surface area contributed by atoms with E-state index in [1.54, 1.807) is 42.5 Å². The van der Waals surface area contributed by atoms with Gasteiger partial charge >= 0.3 is 0 Å². The summed E-state index contributed by atoms with van der Waals surface area (Å²) in [7, 11) is 0. The van der Waals surface area contributed by atoms with Gasteiger partial charge in [0.05, 0.1) is 5.75 Å². The Labute approximate surface area is 160 Å². The second-order valence-corrected chi connectivity index (χ2v) is 7.16. The van der Waals surface area contributed by atoms with Gasteiger partial charge in [-0.05, 0) is 30.3 Å². The van der Waals surface area contributed by atoms with Crippen molar-refractivity contribution in [2.75, 3.05) is 11.1 Å². The van der Waals surface area contributed by atoms with Crippen molar-refractivity contribution < 1.29 is 14.4 Å². The van der Waals surface area contributed by atoms with E-state index in [2.05, 4.69) is 5.32 Å². The summed E-state index contributed by atoms with van der Waals surface area (Å²) in [4.78, 5) is 38.6. The maximum Gasteiger partial charge on any atom is 0.234 e. The molecule has 1 aliphatic rings. The maximum atomic E-state index is 12.7. The molecule has 132 valence electrons. The highest BCUT2D eigenvalue weighted by Gasteiger charge is 2.29. The molecule has 0 saturated carbocycles. The summed E-state index contributed by atoms with van der Waals surface area (Å²) in [5.74, 6) is -0.275. The average molecular weight is 373 g/mol. The van der Waals surface area contributed by atoms with E-state index in [1.807, 2.05) is 30.3 Å². The van der Waals surface area contributed by atoms with Gasteiger partial charge in [0.2, 0.25) is 5.91 Å². The molecule has 0 bridgehead atoms. The molecule has 1 N–H and O–H groups in total. The van der Waals surface area contributed by atoms with Gasteiger partial charge < -0.3 is 5.32 Å². The Morgan fingerprint density at radius 3 is 2.04 bits per heavy atom. The molecule has 1 amide bonds. The van der Waals surface area contributed by atoms with Crippen LogP contribution in [0.15, 0.2) is 77.7 Å². The van der Waals surface area contributed by atoms with Gasteiger partial charge in [-0.2, -0.15) is 0 Å². The van der Waals surface area contributed by atoms with Crippen LogP contribution < -0.4 is 5.32 Å². The third kappa shape index (κ3) is 3.41. The summed E-state index contributed by atoms with van der Waals surface area (Å²) in [6, 6.07) is 21.3. The van der Waals surface area contributed by atoms with Crippen LogP contribution in [0.1, 0.15) is 31.8 Å². The van der Waals surface area contributed by atoms with Gasteiger partial charge in [-0.3, -0.25) is 14.4 Å². The highest BCUT2D eigenvalue weighted by molar-refractivity contribution is 8.00. The molecule has 0 atom stereocenters. The number of anilines is 1. The number of carbonyl (C=O) groups is 3. The highest BCUT2D eigenvalue weighted by atomic mass is 32.2. The van der Waals surface area contributed by atoms with Gasteiger partial charge in [0.15, 0.2) is 11.6 Å². The first-order valence-electron chi connectivity index (χ1n) is 8.43. The quantitative estimate of drug-likeness (QED) is 0.545. The monoisotopic (exact) mass is 373 g/mol. The Morgan fingerprint density at radius 1 is 0.741 bits per heavy atom. The lowest BCUT2D eigenvalue weighted by Crippen LogP contribution is -2.21. The number of hydrogen-bond acceptors (Lipinski definition) is 4. The van der Waals surface area contributed by atoms with Crippen LogP contribution in [0.4, 0.5) is 5.69 Å². The first-order valence-corrected chi connectivity index (χ1v) is 9.42. The summed E-state index contributed by atoms with van der Waals surface area (Å²) in [6.07, 6.45) is 0. The van der Waals surface area contributed by atoms with Crippen LogP contribution >= 0.6 is 11.8 Å². The molecule has 0 fully saturated rings. The molecule has 3 aromatic carbocycles. The number of nitrogens with one attached hydrogen (secondary N) is 1. The second-order valence-electron chi connectivity index (χ2n) is 6.11. The summed E-state index contributed by atoms with van der Waals surface area (Å²) < 4.78 is 0. The summed E-state index contributed by atoms with van der Waals surface area (Å²) in [5, 5.41) is 2.80. The predicted molar refractivity (Wildman–Crippen MR) is 106 cm³/mol. The number of rotatable bonds is 4. The molecule has 0 aromatic heterocycles. The molecule has 0 radical (unpaired) electrons. The molecule has 0 unspecified atom stereocenters. The Balaban J connectivity index is 1.52. The van der Waals surface area contributed by atoms with Crippen molar-refractivity contribution >= 4 is 34.9 Å². The minimum absolute atomic E-state index is 0.168. The lowest BCUT2D eigenvalue weighted by Gasteiger charge is -2.18. The summed E-state index contributed by atoms with van der Waals surface area (Å²) in [6.45, 7) is 0. The van der Waals surface area contributed by atoms with Gasteiger partial charge in [-0.15, -0.1) is 11.8 Å². The van der Waals surface area contributed by atoms with Crippen LogP contribution in [0.25, 0.3) is 0 Å². The largest absolute Gasteiger partial charge is 0.325 e. The third-order valence-electron chi connectivity index (χ3n) is 4.32. The lowest BCUT2D eigenvalue weighted by atomic mass is 9.84. The number of hydrogen-bond donors (Lipinski definition) is 1. The fraction of sp³-hybridized carbons (Fsp3) is 0.0455. The van der Waals surface area contributed by atoms with Crippen molar-refractivity contribution in [1.82, 2.24) is 0 Å². The van der Waals surface area contributed by atoms with Gasteiger partial charge in [-0.1, -0.05) is 42.5 Å². The number of amides is 1. The van der Waals surface area contributed by atoms with E-state index in [9.17, 15) is 14.4 Å². The number of carbonyl (C=O) groups excluding carboxylic acids is 3. The van der Waals surface area contributed by atoms with Crippen molar-refractivity contribution in [2.24, 2.45) is 0 Å². The van der Waals surface area contributed by atoms with E-state index in [0.717, 1.165) is 4.90 Å². The first kappa shape index (κ1) is 17.2. The molecule has 1 aliphatic carbocycles. The lowest BCUT2D eigenvalue weighted by molar-refractivity contribution is -0.113. The number of thioether (sulfide) groups is 1. The molecule has 4 rings (SSSR count). The molecular formula is C22H15NO3S. The molecule has 3 aromatic rings. The Hall–Kier alpha value is -3.18. The first-order chi connectivity index (χ1) is 13.1. The zero-order valence-electron chi connectivity index (χ0n) is 14.3. The summed E-state index contributed by atoms with van der Waals surface area (Å²) in [5.41, 5.74) is 2.03. The van der Waals surface area contributed by atoms with E-state index in [-0.39, 0.29) is 23.2 Å². The molecule has 0 spiro atoms. The Kier molecular flexibility index (Phi) is 4.60. The van der Waals surface area contributed by atoms with E-state index < -0.39 is 0 Å². The Morgan fingerprint density at radius 2 is 1.33 bits per heavy atom. The van der Waals surface area contributed by atoms with E-state index in [0.29, 0.717) is 27.9 Å². The SMILES string of the molecule is O=C(CSc1ccccc1)Nc1ccc2c(c1)C(=O)c1ccccc1C2=O. The highest BCUT2D eigenvalue weighted by Crippen LogP contribution is 2.29. The van der Waals surface area contributed by atoms with Crippen LogP contribution in [0.3, 0.4) is 0 Å². The average Bonchev–Trinajstić information content (AvgIpc) is 2.71. The fourth-order valence-electron chi connectivity index (χ4n) is 3.04. The molecule has 0 heterocycles. The predicted octanol–water partition coefficient (Wildman–Crippen LogP) is 4.19. The number of ketones is 2. The van der Waals surface area contributed by atoms with Crippen molar-refractivity contribution in [3.05, 3.63) is 95.1 Å². The smallest absolute Gasteiger partial charge is 0.234 e. The number of fused-ring (bicyclic) bond motifs is 2. The zero-order valence-corrected chi connectivity index (χ0v) is 15.1. The van der Waals surface area contributed by atoms with Crippen molar-refractivity contribution in [1.29, 1.82) is 0 Å². The zero-order chi connectivity index (χ0) is 18.8. The van der Waals surface area contributed by atoms with Crippen LogP contribution in [0.5, 0.6) is 0 Å². The van der Waals surface area contributed by atoms with Gasteiger partial charge in [-0.25, -0.2) is 0 Å². The van der Waals surface area contributed by atoms with Gasteiger partial charge in [0.25, 0.3) is 0 Å². The molecular weight excluding hydrogens is 358 g/mol. The third-order valence-corrected chi connectivity index (χ3v) is 5.33. The van der Waals surface area contributed by atoms with E-state index in [1.165, 1.54) is 11.8 Å². The molecule has 4 nitrogen and oxygen atoms in total.